The van der Waals surface area contributed by atoms with Crippen molar-refractivity contribution in [3.8, 4) is 0 Å². The van der Waals surface area contributed by atoms with Crippen molar-refractivity contribution < 1.29 is 17.6 Å². The van der Waals surface area contributed by atoms with Crippen LogP contribution in [0, 0.1) is 5.82 Å². The molecule has 3 rings (SSSR count). The Balaban J connectivity index is 1.91. The van der Waals surface area contributed by atoms with E-state index in [1.54, 1.807) is 42.5 Å². The minimum Gasteiger partial charge on any atom is -0.325 e. The molecule has 3 aromatic carbocycles. The van der Waals surface area contributed by atoms with Gasteiger partial charge in [0.1, 0.15) is 12.4 Å². The highest BCUT2D eigenvalue weighted by molar-refractivity contribution is 7.92. The summed E-state index contributed by atoms with van der Waals surface area (Å²) >= 11 is 5.82. The zero-order valence-electron chi connectivity index (χ0n) is 14.5. The standard InChI is InChI=1S/C20H16ClFN2O3S/c21-15-6-10-17(11-7-15)23-20(25)14-24(18-12-8-16(22)9-13-18)28(26,27)19-4-2-1-3-5-19/h1-13H,14H2,(H,23,25). The molecule has 0 aliphatic heterocycles. The number of benzene rings is 3. The van der Waals surface area contributed by atoms with Gasteiger partial charge < -0.3 is 5.32 Å². The first-order valence-electron chi connectivity index (χ1n) is 8.25. The predicted octanol–water partition coefficient (Wildman–Crippen LogP) is 4.31. The van der Waals surface area contributed by atoms with Crippen LogP contribution in [0.1, 0.15) is 0 Å². The fourth-order valence-electron chi connectivity index (χ4n) is 2.51. The molecule has 0 saturated carbocycles. The number of hydrogen-bond acceptors (Lipinski definition) is 3. The first-order chi connectivity index (χ1) is 13.4. The number of nitrogens with zero attached hydrogens (tertiary/aromatic N) is 1. The zero-order chi connectivity index (χ0) is 20.1. The van der Waals surface area contributed by atoms with E-state index in [0.29, 0.717) is 10.7 Å². The van der Waals surface area contributed by atoms with Gasteiger partial charge in [-0.1, -0.05) is 29.8 Å². The normalized spacial score (nSPS) is 11.1. The van der Waals surface area contributed by atoms with Crippen LogP contribution in [0.3, 0.4) is 0 Å². The summed E-state index contributed by atoms with van der Waals surface area (Å²) in [5.41, 5.74) is 0.655. The number of nitrogens with one attached hydrogen (secondary N) is 1. The minimum atomic E-state index is -4.03. The van der Waals surface area contributed by atoms with Crippen LogP contribution in [0.5, 0.6) is 0 Å². The van der Waals surface area contributed by atoms with Crippen molar-refractivity contribution in [2.24, 2.45) is 0 Å². The Kier molecular flexibility index (Phi) is 5.96. The largest absolute Gasteiger partial charge is 0.325 e. The summed E-state index contributed by atoms with van der Waals surface area (Å²) in [5.74, 6) is -1.06. The quantitative estimate of drug-likeness (QED) is 0.648. The van der Waals surface area contributed by atoms with Crippen LogP contribution in [0.15, 0.2) is 83.8 Å². The van der Waals surface area contributed by atoms with Crippen LogP contribution in [0.2, 0.25) is 5.02 Å². The number of carbonyl (C=O) groups is 1. The molecule has 0 heterocycles. The van der Waals surface area contributed by atoms with E-state index in [1.807, 2.05) is 0 Å². The lowest BCUT2D eigenvalue weighted by atomic mass is 10.3. The Morgan fingerprint density at radius 3 is 2.14 bits per heavy atom. The molecule has 0 aliphatic rings. The zero-order valence-corrected chi connectivity index (χ0v) is 16.1. The van der Waals surface area contributed by atoms with Gasteiger partial charge in [-0.2, -0.15) is 0 Å². The number of halogens is 2. The van der Waals surface area contributed by atoms with E-state index in [-0.39, 0.29) is 10.6 Å². The van der Waals surface area contributed by atoms with Gasteiger partial charge in [-0.15, -0.1) is 0 Å². The highest BCUT2D eigenvalue weighted by atomic mass is 35.5. The number of carbonyl (C=O) groups excluding carboxylic acids is 1. The lowest BCUT2D eigenvalue weighted by Crippen LogP contribution is -2.38. The summed E-state index contributed by atoms with van der Waals surface area (Å²) in [6.45, 7) is -0.481. The Morgan fingerprint density at radius 1 is 0.929 bits per heavy atom. The number of hydrogen-bond donors (Lipinski definition) is 1. The highest BCUT2D eigenvalue weighted by Crippen LogP contribution is 2.24. The van der Waals surface area contributed by atoms with Crippen molar-refractivity contribution in [3.05, 3.63) is 89.7 Å². The third kappa shape index (κ3) is 4.68. The Morgan fingerprint density at radius 2 is 1.54 bits per heavy atom. The van der Waals surface area contributed by atoms with Gasteiger partial charge in [0.15, 0.2) is 0 Å². The molecule has 0 radical (unpaired) electrons. The third-order valence-corrected chi connectivity index (χ3v) is 5.90. The Bertz CT molecular complexity index is 1060. The van der Waals surface area contributed by atoms with Gasteiger partial charge in [0.2, 0.25) is 5.91 Å². The summed E-state index contributed by atoms with van der Waals surface area (Å²) in [6.07, 6.45) is 0. The fraction of sp³-hybridized carbons (Fsp3) is 0.0500. The maximum Gasteiger partial charge on any atom is 0.264 e. The molecule has 28 heavy (non-hydrogen) atoms. The molecule has 0 saturated heterocycles. The number of anilines is 2. The molecule has 0 unspecified atom stereocenters. The van der Waals surface area contributed by atoms with Gasteiger partial charge in [0, 0.05) is 10.7 Å². The Hall–Kier alpha value is -2.90. The lowest BCUT2D eigenvalue weighted by Gasteiger charge is -2.24. The summed E-state index contributed by atoms with van der Waals surface area (Å²) < 4.78 is 40.4. The van der Waals surface area contributed by atoms with Gasteiger partial charge in [-0.3, -0.25) is 9.10 Å². The van der Waals surface area contributed by atoms with E-state index in [1.165, 1.54) is 24.3 Å². The second-order valence-electron chi connectivity index (χ2n) is 5.86. The molecule has 0 aliphatic carbocycles. The van der Waals surface area contributed by atoms with Crippen LogP contribution < -0.4 is 9.62 Å². The minimum absolute atomic E-state index is 0.0265. The smallest absolute Gasteiger partial charge is 0.264 e. The molecule has 0 fully saturated rings. The summed E-state index contributed by atoms with van der Waals surface area (Å²) in [5, 5.41) is 3.14. The molecule has 0 spiro atoms. The second kappa shape index (κ2) is 8.41. The van der Waals surface area contributed by atoms with Crippen molar-refractivity contribution >= 4 is 38.9 Å². The SMILES string of the molecule is O=C(CN(c1ccc(F)cc1)S(=O)(=O)c1ccccc1)Nc1ccc(Cl)cc1. The molecule has 0 aromatic heterocycles. The number of rotatable bonds is 6. The van der Waals surface area contributed by atoms with E-state index in [2.05, 4.69) is 5.32 Å². The average Bonchev–Trinajstić information content (AvgIpc) is 2.69. The topological polar surface area (TPSA) is 66.5 Å². The van der Waals surface area contributed by atoms with E-state index in [4.69, 9.17) is 11.6 Å². The lowest BCUT2D eigenvalue weighted by molar-refractivity contribution is -0.114. The van der Waals surface area contributed by atoms with Crippen LogP contribution in [-0.2, 0) is 14.8 Å². The summed E-state index contributed by atoms with van der Waals surface area (Å²) in [6, 6.07) is 19.1. The molecule has 144 valence electrons. The summed E-state index contributed by atoms with van der Waals surface area (Å²) in [4.78, 5) is 12.5. The van der Waals surface area contributed by atoms with Crippen molar-refractivity contribution in [3.63, 3.8) is 0 Å². The maximum absolute atomic E-state index is 13.3. The van der Waals surface area contributed by atoms with Crippen LogP contribution in [0.25, 0.3) is 0 Å². The van der Waals surface area contributed by atoms with Crippen LogP contribution in [0.4, 0.5) is 15.8 Å². The molecular formula is C20H16ClFN2O3S. The third-order valence-electron chi connectivity index (χ3n) is 3.86. The molecule has 1 amide bonds. The molecule has 1 N–H and O–H groups in total. The molecule has 5 nitrogen and oxygen atoms in total. The van der Waals surface area contributed by atoms with Crippen molar-refractivity contribution in [1.82, 2.24) is 0 Å². The fourth-order valence-corrected chi connectivity index (χ4v) is 4.07. The average molecular weight is 419 g/mol. The predicted molar refractivity (Wildman–Crippen MR) is 107 cm³/mol. The monoisotopic (exact) mass is 418 g/mol. The number of amides is 1. The second-order valence-corrected chi connectivity index (χ2v) is 8.15. The van der Waals surface area contributed by atoms with Crippen molar-refractivity contribution in [1.29, 1.82) is 0 Å². The molecule has 8 heteroatoms. The van der Waals surface area contributed by atoms with Crippen LogP contribution in [-0.4, -0.2) is 20.9 Å². The Labute approximate surface area is 167 Å². The van der Waals surface area contributed by atoms with Crippen molar-refractivity contribution in [2.45, 2.75) is 4.90 Å². The van der Waals surface area contributed by atoms with Gasteiger partial charge in [-0.25, -0.2) is 12.8 Å². The first kappa shape index (κ1) is 19.9. The summed E-state index contributed by atoms with van der Waals surface area (Å²) in [7, 11) is -4.03. The number of sulfonamides is 1. The molecular weight excluding hydrogens is 403 g/mol. The maximum atomic E-state index is 13.3. The van der Waals surface area contributed by atoms with Gasteiger partial charge in [0.05, 0.1) is 10.6 Å². The first-order valence-corrected chi connectivity index (χ1v) is 10.1. The van der Waals surface area contributed by atoms with E-state index < -0.39 is 28.3 Å². The van der Waals surface area contributed by atoms with Gasteiger partial charge >= 0.3 is 0 Å². The van der Waals surface area contributed by atoms with E-state index in [0.717, 1.165) is 16.4 Å². The molecule has 3 aromatic rings. The van der Waals surface area contributed by atoms with Crippen molar-refractivity contribution in [2.75, 3.05) is 16.2 Å². The van der Waals surface area contributed by atoms with E-state index in [9.17, 15) is 17.6 Å². The van der Waals surface area contributed by atoms with Gasteiger partial charge in [0.25, 0.3) is 10.0 Å². The molecule has 0 atom stereocenters. The molecule has 0 bridgehead atoms. The highest BCUT2D eigenvalue weighted by Gasteiger charge is 2.27. The van der Waals surface area contributed by atoms with Crippen LogP contribution >= 0.6 is 11.6 Å². The van der Waals surface area contributed by atoms with E-state index >= 15 is 0 Å². The van der Waals surface area contributed by atoms with Gasteiger partial charge in [-0.05, 0) is 60.7 Å².